The van der Waals surface area contributed by atoms with Gasteiger partial charge in [-0.25, -0.2) is 0 Å². The van der Waals surface area contributed by atoms with E-state index in [2.05, 4.69) is 10.3 Å². The Hall–Kier alpha value is -1.97. The summed E-state index contributed by atoms with van der Waals surface area (Å²) >= 11 is 11.9. The Balaban J connectivity index is 1.91. The maximum Gasteiger partial charge on any atom is 0.272 e. The molecule has 0 saturated carbocycles. The van der Waals surface area contributed by atoms with Gasteiger partial charge in [-0.3, -0.25) is 4.79 Å². The van der Waals surface area contributed by atoms with Gasteiger partial charge >= 0.3 is 0 Å². The van der Waals surface area contributed by atoms with Crippen molar-refractivity contribution in [2.75, 3.05) is 5.32 Å². The number of benzene rings is 2. The molecule has 0 unspecified atom stereocenters. The number of anilines is 1. The molecule has 0 atom stereocenters. The predicted octanol–water partition coefficient (Wildman–Crippen LogP) is 4.73. The first-order valence-corrected chi connectivity index (χ1v) is 6.73. The van der Waals surface area contributed by atoms with Crippen molar-refractivity contribution >= 4 is 45.7 Å². The van der Waals surface area contributed by atoms with E-state index in [1.54, 1.807) is 30.3 Å². The highest BCUT2D eigenvalue weighted by atomic mass is 35.5. The summed E-state index contributed by atoms with van der Waals surface area (Å²) in [6.07, 6.45) is 0. The van der Waals surface area contributed by atoms with E-state index in [0.717, 1.165) is 10.9 Å². The van der Waals surface area contributed by atoms with Crippen molar-refractivity contribution in [1.82, 2.24) is 4.98 Å². The highest BCUT2D eigenvalue weighted by molar-refractivity contribution is 6.34. The molecule has 2 aromatic carbocycles. The Bertz CT molecular complexity index is 795. The Kier molecular flexibility index (Phi) is 3.38. The van der Waals surface area contributed by atoms with E-state index in [0.29, 0.717) is 21.4 Å². The zero-order valence-electron chi connectivity index (χ0n) is 10.3. The van der Waals surface area contributed by atoms with E-state index >= 15 is 0 Å². The molecule has 100 valence electrons. The summed E-state index contributed by atoms with van der Waals surface area (Å²) in [5.41, 5.74) is 1.90. The third-order valence-electron chi connectivity index (χ3n) is 2.95. The van der Waals surface area contributed by atoms with Gasteiger partial charge in [0.2, 0.25) is 0 Å². The zero-order valence-corrected chi connectivity index (χ0v) is 11.8. The van der Waals surface area contributed by atoms with Crippen LogP contribution in [0.3, 0.4) is 0 Å². The molecule has 3 aromatic rings. The molecule has 3 nitrogen and oxygen atoms in total. The van der Waals surface area contributed by atoms with Crippen molar-refractivity contribution in [2.24, 2.45) is 0 Å². The van der Waals surface area contributed by atoms with Crippen molar-refractivity contribution in [3.63, 3.8) is 0 Å². The fourth-order valence-electron chi connectivity index (χ4n) is 1.98. The molecule has 0 fully saturated rings. The smallest absolute Gasteiger partial charge is 0.272 e. The number of para-hydroxylation sites is 1. The third-order valence-corrected chi connectivity index (χ3v) is 3.51. The van der Waals surface area contributed by atoms with Crippen LogP contribution in [-0.4, -0.2) is 10.9 Å². The number of hydrogen-bond acceptors (Lipinski definition) is 1. The number of rotatable bonds is 2. The molecule has 0 aliphatic rings. The van der Waals surface area contributed by atoms with Crippen LogP contribution in [0.25, 0.3) is 10.9 Å². The summed E-state index contributed by atoms with van der Waals surface area (Å²) in [7, 11) is 0. The predicted molar refractivity (Wildman–Crippen MR) is 82.7 cm³/mol. The van der Waals surface area contributed by atoms with Gasteiger partial charge in [-0.1, -0.05) is 35.3 Å². The molecule has 1 aromatic heterocycles. The molecule has 1 heterocycles. The van der Waals surface area contributed by atoms with E-state index < -0.39 is 0 Å². The van der Waals surface area contributed by atoms with Gasteiger partial charge in [-0.2, -0.15) is 0 Å². The lowest BCUT2D eigenvalue weighted by Gasteiger charge is -2.05. The van der Waals surface area contributed by atoms with Crippen molar-refractivity contribution in [3.8, 4) is 0 Å². The average molecular weight is 305 g/mol. The molecule has 0 aliphatic heterocycles. The molecule has 0 aliphatic carbocycles. The van der Waals surface area contributed by atoms with E-state index in [9.17, 15) is 4.79 Å². The van der Waals surface area contributed by atoms with Crippen molar-refractivity contribution < 1.29 is 4.79 Å². The Morgan fingerprint density at radius 1 is 1.05 bits per heavy atom. The van der Waals surface area contributed by atoms with Crippen LogP contribution in [0, 0.1) is 0 Å². The molecule has 2 N–H and O–H groups in total. The van der Waals surface area contributed by atoms with Crippen LogP contribution in [0.5, 0.6) is 0 Å². The Morgan fingerprint density at radius 3 is 2.65 bits per heavy atom. The molecule has 0 spiro atoms. The van der Waals surface area contributed by atoms with Crippen LogP contribution >= 0.6 is 23.2 Å². The first-order valence-electron chi connectivity index (χ1n) is 5.97. The summed E-state index contributed by atoms with van der Waals surface area (Å²) in [6.45, 7) is 0. The molecule has 0 saturated heterocycles. The standard InChI is InChI=1S/C15H10Cl2N2O/c16-10-5-6-12-9(7-10)8-14(18-12)15(20)19-13-4-2-1-3-11(13)17/h1-8,18H,(H,19,20). The second kappa shape index (κ2) is 5.19. The lowest BCUT2D eigenvalue weighted by molar-refractivity contribution is 0.102. The van der Waals surface area contributed by atoms with Gasteiger partial charge in [0.25, 0.3) is 5.91 Å². The maximum atomic E-state index is 12.2. The number of nitrogens with one attached hydrogen (secondary N) is 2. The van der Waals surface area contributed by atoms with Gasteiger partial charge in [0.15, 0.2) is 0 Å². The number of aromatic nitrogens is 1. The third kappa shape index (κ3) is 2.50. The van der Waals surface area contributed by atoms with Gasteiger partial charge in [0, 0.05) is 15.9 Å². The van der Waals surface area contributed by atoms with Crippen LogP contribution in [0.4, 0.5) is 5.69 Å². The summed E-state index contributed by atoms with van der Waals surface area (Å²) in [5, 5.41) is 4.79. The van der Waals surface area contributed by atoms with E-state index in [4.69, 9.17) is 23.2 Å². The number of fused-ring (bicyclic) bond motifs is 1. The van der Waals surface area contributed by atoms with Gasteiger partial charge in [-0.05, 0) is 36.4 Å². The topological polar surface area (TPSA) is 44.9 Å². The van der Waals surface area contributed by atoms with Gasteiger partial charge < -0.3 is 10.3 Å². The van der Waals surface area contributed by atoms with Crippen LogP contribution in [0.15, 0.2) is 48.5 Å². The van der Waals surface area contributed by atoms with Crippen molar-refractivity contribution in [3.05, 3.63) is 64.3 Å². The second-order valence-corrected chi connectivity index (χ2v) is 5.19. The quantitative estimate of drug-likeness (QED) is 0.706. The van der Waals surface area contributed by atoms with Crippen molar-refractivity contribution in [1.29, 1.82) is 0 Å². The van der Waals surface area contributed by atoms with Crippen LogP contribution in [0.2, 0.25) is 10.0 Å². The number of carbonyl (C=O) groups excluding carboxylic acids is 1. The second-order valence-electron chi connectivity index (χ2n) is 4.35. The molecule has 20 heavy (non-hydrogen) atoms. The number of hydrogen-bond donors (Lipinski definition) is 2. The molecule has 0 radical (unpaired) electrons. The SMILES string of the molecule is O=C(Nc1ccccc1Cl)c1cc2cc(Cl)ccc2[nH]1. The number of carbonyl (C=O) groups is 1. The minimum Gasteiger partial charge on any atom is -0.351 e. The fraction of sp³-hybridized carbons (Fsp3) is 0. The average Bonchev–Trinajstić information content (AvgIpc) is 2.84. The number of amides is 1. The van der Waals surface area contributed by atoms with Crippen molar-refractivity contribution in [2.45, 2.75) is 0 Å². The van der Waals surface area contributed by atoms with Crippen LogP contribution in [-0.2, 0) is 0 Å². The summed E-state index contributed by atoms with van der Waals surface area (Å²) < 4.78 is 0. The monoisotopic (exact) mass is 304 g/mol. The molecule has 1 amide bonds. The lowest BCUT2D eigenvalue weighted by Crippen LogP contribution is -2.12. The molecule has 3 rings (SSSR count). The zero-order chi connectivity index (χ0) is 14.1. The summed E-state index contributed by atoms with van der Waals surface area (Å²) in [4.78, 5) is 15.2. The van der Waals surface area contributed by atoms with Gasteiger partial charge in [0.05, 0.1) is 10.7 Å². The van der Waals surface area contributed by atoms with Crippen LogP contribution < -0.4 is 5.32 Å². The van der Waals surface area contributed by atoms with Gasteiger partial charge in [-0.15, -0.1) is 0 Å². The van der Waals surface area contributed by atoms with Gasteiger partial charge in [0.1, 0.15) is 5.69 Å². The molecule has 0 bridgehead atoms. The fourth-order valence-corrected chi connectivity index (χ4v) is 2.34. The largest absolute Gasteiger partial charge is 0.351 e. The highest BCUT2D eigenvalue weighted by Gasteiger charge is 2.11. The van der Waals surface area contributed by atoms with Crippen LogP contribution in [0.1, 0.15) is 10.5 Å². The van der Waals surface area contributed by atoms with E-state index in [-0.39, 0.29) is 5.91 Å². The maximum absolute atomic E-state index is 12.2. The summed E-state index contributed by atoms with van der Waals surface area (Å²) in [6, 6.07) is 14.3. The highest BCUT2D eigenvalue weighted by Crippen LogP contribution is 2.23. The number of aromatic amines is 1. The Morgan fingerprint density at radius 2 is 1.85 bits per heavy atom. The first kappa shape index (κ1) is 13.0. The molecular formula is C15H10Cl2N2O. The van der Waals surface area contributed by atoms with E-state index in [1.165, 1.54) is 0 Å². The number of H-pyrrole nitrogens is 1. The first-order chi connectivity index (χ1) is 9.63. The molecule has 5 heteroatoms. The normalized spacial score (nSPS) is 10.7. The minimum atomic E-state index is -0.245. The Labute approximate surface area is 125 Å². The summed E-state index contributed by atoms with van der Waals surface area (Å²) in [5.74, 6) is -0.245. The number of halogens is 2. The van der Waals surface area contributed by atoms with E-state index in [1.807, 2.05) is 18.2 Å². The minimum absolute atomic E-state index is 0.245. The molecular weight excluding hydrogens is 295 g/mol. The lowest BCUT2D eigenvalue weighted by atomic mass is 10.2.